The summed E-state index contributed by atoms with van der Waals surface area (Å²) in [5, 5.41) is 12.2. The third-order valence-corrected chi connectivity index (χ3v) is 7.48. The summed E-state index contributed by atoms with van der Waals surface area (Å²) in [6.07, 6.45) is -0.411. The number of nitrogens with one attached hydrogen (secondary N) is 1. The summed E-state index contributed by atoms with van der Waals surface area (Å²) in [5.74, 6) is -0.555. The van der Waals surface area contributed by atoms with Crippen LogP contribution in [-0.4, -0.2) is 90.9 Å². The van der Waals surface area contributed by atoms with E-state index in [-0.39, 0.29) is 36.0 Å². The van der Waals surface area contributed by atoms with E-state index in [9.17, 15) is 22.4 Å². The third kappa shape index (κ3) is 5.95. The fraction of sp³-hybridized carbons (Fsp3) is 0.400. The molecule has 1 saturated heterocycles. The molecule has 11 nitrogen and oxygen atoms in total. The number of hydrogen-bond donors (Lipinski definition) is 3. The summed E-state index contributed by atoms with van der Waals surface area (Å²) in [6, 6.07) is 7.37. The number of pyridine rings is 1. The number of fused-ring (bicyclic) bond motifs is 1. The number of benzene rings is 1. The number of amides is 2. The molecule has 38 heavy (non-hydrogen) atoms. The second-order valence-corrected chi connectivity index (χ2v) is 9.97. The van der Waals surface area contributed by atoms with Crippen LogP contribution in [0.2, 0.25) is 0 Å². The Labute approximate surface area is 220 Å². The van der Waals surface area contributed by atoms with Crippen molar-refractivity contribution in [3.8, 4) is 11.3 Å². The van der Waals surface area contributed by atoms with Crippen molar-refractivity contribution in [2.75, 3.05) is 46.3 Å². The highest BCUT2D eigenvalue weighted by molar-refractivity contribution is 7.69. The van der Waals surface area contributed by atoms with E-state index in [1.165, 1.54) is 40.5 Å². The lowest BCUT2D eigenvalue weighted by Crippen LogP contribution is -2.49. The summed E-state index contributed by atoms with van der Waals surface area (Å²) < 4.78 is 45.0. The number of carbonyl (C=O) groups excluding carboxylic acids is 1. The molecular formula is C25H30FN5O6S. The largest absolute Gasteiger partial charge is 0.465 e. The molecule has 0 aliphatic carbocycles. The van der Waals surface area contributed by atoms with Gasteiger partial charge >= 0.3 is 6.09 Å². The van der Waals surface area contributed by atoms with Crippen molar-refractivity contribution in [3.63, 3.8) is 0 Å². The number of thiol groups is 1. The number of aromatic nitrogens is 1. The molecule has 2 aromatic heterocycles. The zero-order chi connectivity index (χ0) is 27.4. The van der Waals surface area contributed by atoms with Gasteiger partial charge in [0.2, 0.25) is 16.6 Å². The van der Waals surface area contributed by atoms with E-state index in [2.05, 4.69) is 10.3 Å². The van der Waals surface area contributed by atoms with Crippen molar-refractivity contribution in [2.45, 2.75) is 19.9 Å². The van der Waals surface area contributed by atoms with E-state index >= 15 is 0 Å². The molecule has 204 valence electrons. The van der Waals surface area contributed by atoms with Crippen LogP contribution in [0.1, 0.15) is 28.5 Å². The molecule has 0 bridgehead atoms. The van der Waals surface area contributed by atoms with E-state index < -0.39 is 22.8 Å². The van der Waals surface area contributed by atoms with Gasteiger partial charge in [-0.2, -0.15) is 4.31 Å². The Morgan fingerprint density at radius 1 is 1.18 bits per heavy atom. The molecule has 0 atom stereocenters. The van der Waals surface area contributed by atoms with Crippen LogP contribution in [0, 0.1) is 5.82 Å². The van der Waals surface area contributed by atoms with Crippen LogP contribution in [0.15, 0.2) is 34.7 Å². The highest BCUT2D eigenvalue weighted by Crippen LogP contribution is 2.34. The Kier molecular flexibility index (Phi) is 8.59. The van der Waals surface area contributed by atoms with Gasteiger partial charge in [0.15, 0.2) is 0 Å². The summed E-state index contributed by atoms with van der Waals surface area (Å²) in [6.45, 7) is 4.42. The number of halogens is 1. The third-order valence-electron chi connectivity index (χ3n) is 6.67. The van der Waals surface area contributed by atoms with Crippen LogP contribution >= 0.6 is 0 Å². The monoisotopic (exact) mass is 547 g/mol. The lowest BCUT2D eigenvalue weighted by Gasteiger charge is -2.33. The molecule has 0 spiro atoms. The van der Waals surface area contributed by atoms with Crippen molar-refractivity contribution in [2.24, 2.45) is 0 Å². The van der Waals surface area contributed by atoms with Crippen LogP contribution in [-0.2, 0) is 23.9 Å². The van der Waals surface area contributed by atoms with Gasteiger partial charge < -0.3 is 19.7 Å². The van der Waals surface area contributed by atoms with Gasteiger partial charge in [0.1, 0.15) is 11.6 Å². The minimum Gasteiger partial charge on any atom is -0.465 e. The molecule has 3 heterocycles. The van der Waals surface area contributed by atoms with Gasteiger partial charge in [-0.3, -0.25) is 9.69 Å². The maximum atomic E-state index is 13.5. The topological polar surface area (TPSA) is 136 Å². The molecule has 4 rings (SSSR count). The Balaban J connectivity index is 1.61. The van der Waals surface area contributed by atoms with Gasteiger partial charge in [-0.25, -0.2) is 22.6 Å². The average molecular weight is 548 g/mol. The van der Waals surface area contributed by atoms with Crippen molar-refractivity contribution in [1.29, 1.82) is 0 Å². The summed E-state index contributed by atoms with van der Waals surface area (Å²) in [7, 11) is -1.41. The van der Waals surface area contributed by atoms with Crippen molar-refractivity contribution in [3.05, 3.63) is 53.0 Å². The number of carboxylic acid groups (broad SMARTS) is 1. The number of piperazine rings is 1. The van der Waals surface area contributed by atoms with Crippen LogP contribution < -0.4 is 5.32 Å². The summed E-state index contributed by atoms with van der Waals surface area (Å²) in [5.41, 5.74) is 2.25. The van der Waals surface area contributed by atoms with Crippen molar-refractivity contribution >= 4 is 34.0 Å². The van der Waals surface area contributed by atoms with Crippen LogP contribution in [0.3, 0.4) is 0 Å². The van der Waals surface area contributed by atoms with E-state index in [4.69, 9.17) is 9.52 Å². The first kappa shape index (κ1) is 27.5. The average Bonchev–Trinajstić information content (AvgIpc) is 3.28. The van der Waals surface area contributed by atoms with E-state index in [1.54, 1.807) is 6.07 Å². The van der Waals surface area contributed by atoms with Crippen molar-refractivity contribution < 1.29 is 31.9 Å². The fourth-order valence-corrected chi connectivity index (χ4v) is 5.01. The van der Waals surface area contributed by atoms with Crippen LogP contribution in [0.25, 0.3) is 22.4 Å². The van der Waals surface area contributed by atoms with Crippen LogP contribution in [0.4, 0.5) is 9.18 Å². The summed E-state index contributed by atoms with van der Waals surface area (Å²) in [4.78, 5) is 31.9. The second-order valence-electron chi connectivity index (χ2n) is 8.93. The minimum absolute atomic E-state index is 0.0226. The van der Waals surface area contributed by atoms with Gasteiger partial charge in [0, 0.05) is 51.9 Å². The van der Waals surface area contributed by atoms with Gasteiger partial charge in [-0.1, -0.05) is 6.92 Å². The van der Waals surface area contributed by atoms with Gasteiger partial charge in [0.25, 0.3) is 5.91 Å². The standard InChI is InChI=1S/C25H30FN5O6S/c1-3-16-14-19-21(23(32)27-2)22(17-4-6-18(26)7-5-17)37-24(19)28-20(16)15-31(38(35)36)13-10-29-8-11-30(12-9-29)25(33)34/h4-7,14,38H,3,8-13,15H2,1-2H3,(H,27,32)(H,33,34). The highest BCUT2D eigenvalue weighted by atomic mass is 32.2. The molecule has 3 aromatic rings. The highest BCUT2D eigenvalue weighted by Gasteiger charge is 2.25. The van der Waals surface area contributed by atoms with Crippen LogP contribution in [0.5, 0.6) is 0 Å². The second kappa shape index (κ2) is 11.9. The van der Waals surface area contributed by atoms with E-state index in [0.717, 1.165) is 5.56 Å². The predicted octanol–water partition coefficient (Wildman–Crippen LogP) is 2.18. The van der Waals surface area contributed by atoms with Gasteiger partial charge in [0.05, 0.1) is 23.2 Å². The lowest BCUT2D eigenvalue weighted by molar-refractivity contribution is 0.0964. The molecule has 2 N–H and O–H groups in total. The van der Waals surface area contributed by atoms with Gasteiger partial charge in [-0.05, 0) is 42.3 Å². The number of hydrogen-bond acceptors (Lipinski definition) is 7. The fourth-order valence-electron chi connectivity index (χ4n) is 4.51. The van der Waals surface area contributed by atoms with Gasteiger partial charge in [-0.15, -0.1) is 0 Å². The number of nitrogens with zero attached hydrogens (tertiary/aromatic N) is 4. The Bertz CT molecular complexity index is 1390. The zero-order valence-corrected chi connectivity index (χ0v) is 22.0. The molecule has 1 fully saturated rings. The Hall–Kier alpha value is -3.55. The number of carbonyl (C=O) groups is 2. The van der Waals surface area contributed by atoms with E-state index in [1.807, 2.05) is 11.8 Å². The molecule has 0 saturated carbocycles. The zero-order valence-electron chi connectivity index (χ0n) is 21.1. The first-order valence-corrected chi connectivity index (χ1v) is 13.4. The maximum Gasteiger partial charge on any atom is 0.407 e. The molecule has 1 aliphatic heterocycles. The van der Waals surface area contributed by atoms with E-state index in [0.29, 0.717) is 55.8 Å². The van der Waals surface area contributed by atoms with Crippen molar-refractivity contribution in [1.82, 2.24) is 24.4 Å². The predicted molar refractivity (Wildman–Crippen MR) is 139 cm³/mol. The molecule has 1 aromatic carbocycles. The molecule has 13 heteroatoms. The molecule has 1 aliphatic rings. The quantitative estimate of drug-likeness (QED) is 0.347. The number of rotatable bonds is 9. The smallest absolute Gasteiger partial charge is 0.407 e. The Morgan fingerprint density at radius 2 is 1.87 bits per heavy atom. The first-order valence-electron chi connectivity index (χ1n) is 12.2. The first-order chi connectivity index (χ1) is 18.2. The minimum atomic E-state index is -2.92. The maximum absolute atomic E-state index is 13.5. The normalized spacial score (nSPS) is 14.5. The molecule has 0 radical (unpaired) electrons. The SMILES string of the molecule is CCc1cc2c(C(=O)NC)c(-c3ccc(F)cc3)oc2nc1CN(CCN1CCN(C(=O)O)CC1)[SH](=O)=O. The summed E-state index contributed by atoms with van der Waals surface area (Å²) >= 11 is 0. The molecular weight excluding hydrogens is 517 g/mol. The Morgan fingerprint density at radius 3 is 2.45 bits per heavy atom. The molecule has 2 amide bonds. The lowest BCUT2D eigenvalue weighted by atomic mass is 10.0. The number of aryl methyl sites for hydroxylation is 1. The number of furan rings is 1. The molecule has 0 unspecified atom stereocenters.